The summed E-state index contributed by atoms with van der Waals surface area (Å²) in [5.74, 6) is 0. The van der Waals surface area contributed by atoms with E-state index in [1.165, 1.54) is 27.7 Å². The Kier molecular flexibility index (Phi) is 36.0. The number of phosphoric acid groups is 3. The largest absolute Gasteiger partial charge is 0.472 e. The third kappa shape index (κ3) is 30.4. The Bertz CT molecular complexity index is 2980. The van der Waals surface area contributed by atoms with Crippen molar-refractivity contribution in [3.05, 3.63) is 0 Å². The Morgan fingerprint density at radius 3 is 0.545 bits per heavy atom. The van der Waals surface area contributed by atoms with Gasteiger partial charge in [0.25, 0.3) is 0 Å². The van der Waals surface area contributed by atoms with Gasteiger partial charge in [-0.25, -0.2) is 13.7 Å². The molecule has 0 aromatic carbocycles. The third-order valence-corrected chi connectivity index (χ3v) is 30.5. The first kappa shape index (κ1) is 92.4. The topological polar surface area (TPSA) is 502 Å². The summed E-state index contributed by atoms with van der Waals surface area (Å²) >= 11 is 0. The number of ether oxygens (including phenoxy) is 6. The average Bonchev–Trinajstić information content (AvgIpc) is 1.74. The van der Waals surface area contributed by atoms with Gasteiger partial charge in [-0.1, -0.05) is 83.1 Å². The van der Waals surface area contributed by atoms with Gasteiger partial charge in [0, 0.05) is 38.5 Å². The summed E-state index contributed by atoms with van der Waals surface area (Å²) in [7, 11) is -37.1. The van der Waals surface area contributed by atoms with Gasteiger partial charge in [0.1, 0.15) is 54.9 Å². The molecule has 6 saturated heterocycles. The Balaban J connectivity index is 0.000000338. The van der Waals surface area contributed by atoms with Gasteiger partial charge in [0.05, 0.1) is 129 Å². The molecule has 0 bridgehead atoms. The number of hydrogen-bond acceptors (Lipinski definition) is 27. The summed E-state index contributed by atoms with van der Waals surface area (Å²) in [5, 5.41) is 0. The third-order valence-electron chi connectivity index (χ3n) is 16.4. The Morgan fingerprint density at radius 2 is 0.394 bits per heavy atom. The smallest absolute Gasteiger partial charge is 0.370 e. The van der Waals surface area contributed by atoms with Crippen molar-refractivity contribution in [3.8, 4) is 0 Å². The summed E-state index contributed by atoms with van der Waals surface area (Å²) in [6.07, 6.45) is -10.8. The minimum atomic E-state index is -4.75. The molecular weight excluding hydrogens is 1500 g/mol. The lowest BCUT2D eigenvalue weighted by atomic mass is 10.1. The zero-order valence-electron chi connectivity index (χ0n) is 59.4. The Labute approximate surface area is 581 Å². The molecule has 6 heterocycles. The van der Waals surface area contributed by atoms with E-state index in [-0.39, 0.29) is 76.0 Å². The van der Waals surface area contributed by atoms with Crippen LogP contribution in [0.5, 0.6) is 0 Å². The van der Waals surface area contributed by atoms with E-state index in [0.29, 0.717) is 12.8 Å². The van der Waals surface area contributed by atoms with E-state index in [1.54, 1.807) is 90.0 Å². The lowest BCUT2D eigenvalue weighted by molar-refractivity contribution is -0.0394. The van der Waals surface area contributed by atoms with Crippen molar-refractivity contribution in [1.82, 2.24) is 0 Å². The molecule has 0 aromatic rings. The highest BCUT2D eigenvalue weighted by Gasteiger charge is 2.49. The average molecular weight is 1620 g/mol. The van der Waals surface area contributed by atoms with Crippen molar-refractivity contribution < 1.29 is 168 Å². The predicted molar refractivity (Wildman–Crippen MR) is 358 cm³/mol. The molecule has 0 aromatic heterocycles. The molecule has 0 radical (unpaired) electrons. The minimum absolute atomic E-state index is 0.133. The van der Waals surface area contributed by atoms with E-state index in [1.807, 2.05) is 6.92 Å². The fourth-order valence-electron chi connectivity index (χ4n) is 10.1. The lowest BCUT2D eigenvalue weighted by Gasteiger charge is -2.26. The summed E-state index contributed by atoms with van der Waals surface area (Å²) < 4.78 is 207. The molecule has 6 aliphatic heterocycles. The van der Waals surface area contributed by atoms with Gasteiger partial charge in [-0.05, 0) is 41.5 Å². The van der Waals surface area contributed by atoms with Gasteiger partial charge >= 0.3 is 69.0 Å². The van der Waals surface area contributed by atoms with Crippen molar-refractivity contribution in [3.63, 3.8) is 0 Å². The van der Waals surface area contributed by atoms with E-state index in [0.717, 1.165) is 0 Å². The van der Waals surface area contributed by atoms with Gasteiger partial charge in [-0.3, -0.25) is 54.5 Å². The molecular formula is C54H111O36P9. The maximum Gasteiger partial charge on any atom is 0.472 e. The Hall–Kier alpha value is 0.990. The summed E-state index contributed by atoms with van der Waals surface area (Å²) in [6.45, 7) is 26.9. The number of hydrogen-bond donors (Lipinski definition) is 9. The van der Waals surface area contributed by atoms with Gasteiger partial charge in [-0.15, -0.1) is 0 Å². The first-order valence-corrected chi connectivity index (χ1v) is 47.3. The van der Waals surface area contributed by atoms with Gasteiger partial charge in [0.15, 0.2) is 0 Å². The number of phosphoric ester groups is 3. The fourth-order valence-corrected chi connectivity index (χ4v) is 17.5. The van der Waals surface area contributed by atoms with Gasteiger partial charge in [0.2, 0.25) is 0 Å². The summed E-state index contributed by atoms with van der Waals surface area (Å²) in [4.78, 5) is 90.5. The van der Waals surface area contributed by atoms with Crippen LogP contribution in [-0.4, -0.2) is 228 Å². The van der Waals surface area contributed by atoms with E-state index >= 15 is 0 Å². The van der Waals surface area contributed by atoms with Crippen molar-refractivity contribution in [2.45, 2.75) is 307 Å². The molecule has 0 amide bonds. The molecule has 9 N–H and O–H groups in total. The minimum Gasteiger partial charge on any atom is -0.370 e. The first-order valence-electron chi connectivity index (χ1n) is 32.9. The van der Waals surface area contributed by atoms with E-state index in [2.05, 4.69) is 0 Å². The van der Waals surface area contributed by atoms with E-state index in [4.69, 9.17) is 82.7 Å². The van der Waals surface area contributed by atoms with Gasteiger partial charge < -0.3 is 99.6 Å². The second kappa shape index (κ2) is 38.6. The van der Waals surface area contributed by atoms with Crippen LogP contribution in [0.4, 0.5) is 0 Å². The van der Waals surface area contributed by atoms with Crippen LogP contribution in [0.1, 0.15) is 163 Å². The first-order chi connectivity index (χ1) is 45.1. The molecule has 0 saturated carbocycles. The molecule has 99 heavy (non-hydrogen) atoms. The van der Waals surface area contributed by atoms with Crippen LogP contribution in [0, 0.1) is 0 Å². The molecule has 45 heteroatoms. The molecule has 36 nitrogen and oxygen atoms in total. The van der Waals surface area contributed by atoms with Crippen molar-refractivity contribution >= 4 is 69.0 Å². The Morgan fingerprint density at radius 1 is 0.253 bits per heavy atom. The molecule has 6 rings (SSSR count). The second-order valence-corrected chi connectivity index (χ2v) is 45.9. The molecule has 27 atom stereocenters. The quantitative estimate of drug-likeness (QED) is 0.0263. The lowest BCUT2D eigenvalue weighted by Crippen LogP contribution is -2.31. The highest BCUT2D eigenvalue weighted by Crippen LogP contribution is 2.57. The molecule has 6 aliphatic rings. The second-order valence-electron chi connectivity index (χ2n) is 27.3. The number of rotatable bonds is 36. The maximum atomic E-state index is 12.9. The molecule has 9 unspecified atom stereocenters. The van der Waals surface area contributed by atoms with Crippen LogP contribution < -0.4 is 0 Å². The highest BCUT2D eigenvalue weighted by molar-refractivity contribution is 7.55. The fraction of sp³-hybridized carbons (Fsp3) is 1.00. The van der Waals surface area contributed by atoms with E-state index in [9.17, 15) is 85.1 Å². The highest BCUT2D eigenvalue weighted by atomic mass is 31.2. The standard InChI is InChI=1S/C24H48O17P4.C18H37O12P3.C12H26O7P2/c1-14(2)42(25,26)33-11-22-20(9-17(6)36-22)40-45(31,32)35-13-24-21(10-18(7)38-24)41-44(29,30)34-12-23-19(8-16(5)37-23)39-43(27,28)15(3)4;1-11(2)31(19,20)25-9-17-16(8-14(6)27-17)30-33(23,24)26-10-18-15(7-13(5)28-18)29-32(21,22)12(3)4;1-8(2)20(13,14)17-7-12-11(6-10(5)18-12)19-21(15,16)9(3)4/h14-24H,8-13H2,1-7H3,(H,25,26)(H,27,28)(H,29,30)(H,31,32);11-18H,7-10H2,1-6H3,(H,19,20)(H,21,22)(H,23,24);8-12H,6-7H2,1-5H3,(H,13,14)(H,15,16)/t16-,17-,18-,19-,20-,21-,22+,23+,24+;13-,14-,15-,16-,17+,18+;10-,11-,12+/m000/s1. The summed E-state index contributed by atoms with van der Waals surface area (Å²) in [6, 6.07) is 0. The van der Waals surface area contributed by atoms with Crippen molar-refractivity contribution in [2.24, 2.45) is 0 Å². The molecule has 588 valence electrons. The van der Waals surface area contributed by atoms with E-state index < -0.39 is 202 Å². The zero-order valence-corrected chi connectivity index (χ0v) is 67.5. The summed E-state index contributed by atoms with van der Waals surface area (Å²) in [5.41, 5.74) is -3.59. The zero-order chi connectivity index (χ0) is 75.6. The molecule has 6 fully saturated rings. The normalized spacial score (nSPS) is 36.1. The molecule has 0 aliphatic carbocycles. The van der Waals surface area contributed by atoms with Crippen LogP contribution in [-0.2, 0) is 124 Å². The predicted octanol–water partition coefficient (Wildman–Crippen LogP) is 10.3. The van der Waals surface area contributed by atoms with Crippen molar-refractivity contribution in [2.75, 3.05) is 39.6 Å². The van der Waals surface area contributed by atoms with Crippen LogP contribution in [0.25, 0.3) is 0 Å². The SMILES string of the molecule is CC(C)P(=O)(O)OC[C@H]1O[C@@H](C)C[C@@H]1OP(=O)(O)C(C)C.CC(C)P(=O)(O)OC[C@H]1O[C@@H](C)C[C@@H]1OP(=O)(O)OC[C@H]1O[C@@H](C)C[C@@H]1OP(=O)(O)C(C)C.CC(C)P(=O)(O)OC[C@H]1O[C@@H](C)C[C@@H]1OP(=O)(O)OC[C@H]1O[C@@H](C)C[C@@H]1OP(=O)(O)OC[C@H]1O[C@@H](C)C[C@@H]1OP(=O)(O)C(C)C. The van der Waals surface area contributed by atoms with Crippen LogP contribution in [0.15, 0.2) is 0 Å². The van der Waals surface area contributed by atoms with Crippen LogP contribution in [0.2, 0.25) is 0 Å². The molecule has 0 spiro atoms. The monoisotopic (exact) mass is 1610 g/mol. The maximum absolute atomic E-state index is 12.9. The van der Waals surface area contributed by atoms with Crippen LogP contribution in [0.3, 0.4) is 0 Å². The van der Waals surface area contributed by atoms with Gasteiger partial charge in [-0.2, -0.15) is 0 Å². The van der Waals surface area contributed by atoms with Crippen LogP contribution >= 0.6 is 69.0 Å². The van der Waals surface area contributed by atoms with Crippen molar-refractivity contribution in [1.29, 1.82) is 0 Å².